The largest absolute Gasteiger partial charge is 0.331 e. The van der Waals surface area contributed by atoms with Gasteiger partial charge in [0.1, 0.15) is 0 Å². The summed E-state index contributed by atoms with van der Waals surface area (Å²) in [6, 6.07) is 0.0753. The third kappa shape index (κ3) is 1.97. The van der Waals surface area contributed by atoms with Gasteiger partial charge in [-0.15, -0.1) is 11.3 Å². The molecular formula is C10H15N3OS. The summed E-state index contributed by atoms with van der Waals surface area (Å²) in [7, 11) is 3.56. The van der Waals surface area contributed by atoms with Crippen molar-refractivity contribution in [1.29, 1.82) is 0 Å². The van der Waals surface area contributed by atoms with Gasteiger partial charge in [-0.05, 0) is 6.92 Å². The first-order valence-corrected chi connectivity index (χ1v) is 5.81. The molecule has 15 heavy (non-hydrogen) atoms. The van der Waals surface area contributed by atoms with Crippen molar-refractivity contribution in [2.75, 3.05) is 20.6 Å². The lowest BCUT2D eigenvalue weighted by molar-refractivity contribution is 0.165. The molecule has 0 radical (unpaired) electrons. The molecule has 0 atom stereocenters. The minimum atomic E-state index is 0.0753. The number of carbonyl (C=O) groups is 1. The topological polar surface area (TPSA) is 36.4 Å². The van der Waals surface area contributed by atoms with Crippen LogP contribution in [0.15, 0.2) is 0 Å². The molecule has 0 fully saturated rings. The second kappa shape index (κ2) is 3.81. The van der Waals surface area contributed by atoms with Crippen molar-refractivity contribution in [3.63, 3.8) is 0 Å². The summed E-state index contributed by atoms with van der Waals surface area (Å²) in [6.45, 7) is 3.49. The molecule has 0 bridgehead atoms. The van der Waals surface area contributed by atoms with Crippen LogP contribution in [0.4, 0.5) is 4.79 Å². The first kappa shape index (κ1) is 10.4. The highest BCUT2D eigenvalue weighted by Gasteiger charge is 2.24. The van der Waals surface area contributed by atoms with E-state index >= 15 is 0 Å². The fourth-order valence-electron chi connectivity index (χ4n) is 1.77. The Balaban J connectivity index is 2.15. The molecule has 1 aromatic rings. The van der Waals surface area contributed by atoms with Crippen molar-refractivity contribution in [2.24, 2.45) is 0 Å². The highest BCUT2D eigenvalue weighted by molar-refractivity contribution is 7.11. The second-order valence-electron chi connectivity index (χ2n) is 3.95. The smallest absolute Gasteiger partial charge is 0.319 e. The Morgan fingerprint density at radius 3 is 2.93 bits per heavy atom. The Labute approximate surface area is 93.5 Å². The van der Waals surface area contributed by atoms with Crippen LogP contribution in [-0.4, -0.2) is 41.5 Å². The van der Waals surface area contributed by atoms with E-state index in [0.29, 0.717) is 6.54 Å². The van der Waals surface area contributed by atoms with E-state index in [1.165, 1.54) is 4.88 Å². The normalized spacial score (nSPS) is 15.0. The minimum absolute atomic E-state index is 0.0753. The number of rotatable bonds is 0. The molecule has 4 nitrogen and oxygen atoms in total. The molecule has 82 valence electrons. The highest BCUT2D eigenvalue weighted by Crippen LogP contribution is 2.24. The van der Waals surface area contributed by atoms with Gasteiger partial charge in [-0.1, -0.05) is 0 Å². The number of aryl methyl sites for hydroxylation is 1. The van der Waals surface area contributed by atoms with Gasteiger partial charge in [0, 0.05) is 31.9 Å². The van der Waals surface area contributed by atoms with Crippen LogP contribution in [0.1, 0.15) is 15.6 Å². The van der Waals surface area contributed by atoms with E-state index in [9.17, 15) is 4.79 Å². The molecule has 5 heteroatoms. The standard InChI is InChI=1S/C10H15N3OS/c1-7-11-8-6-13(10(14)12(2)3)5-4-9(8)15-7/h4-6H2,1-3H3. The van der Waals surface area contributed by atoms with Gasteiger partial charge in [0.2, 0.25) is 0 Å². The van der Waals surface area contributed by atoms with Gasteiger partial charge in [-0.25, -0.2) is 9.78 Å². The Kier molecular flexibility index (Phi) is 2.65. The van der Waals surface area contributed by atoms with Crippen LogP contribution in [0.5, 0.6) is 0 Å². The lowest BCUT2D eigenvalue weighted by Crippen LogP contribution is -2.41. The summed E-state index contributed by atoms with van der Waals surface area (Å²) in [5, 5.41) is 1.10. The molecule has 0 saturated heterocycles. The summed E-state index contributed by atoms with van der Waals surface area (Å²) in [5.41, 5.74) is 1.08. The highest BCUT2D eigenvalue weighted by atomic mass is 32.1. The molecule has 0 aliphatic carbocycles. The van der Waals surface area contributed by atoms with Crippen LogP contribution < -0.4 is 0 Å². The zero-order valence-electron chi connectivity index (χ0n) is 9.28. The molecule has 1 aromatic heterocycles. The van der Waals surface area contributed by atoms with Crippen LogP contribution in [0, 0.1) is 6.92 Å². The van der Waals surface area contributed by atoms with E-state index < -0.39 is 0 Å². The number of hydrogen-bond donors (Lipinski definition) is 0. The third-order valence-corrected chi connectivity index (χ3v) is 3.56. The van der Waals surface area contributed by atoms with Gasteiger partial charge in [0.25, 0.3) is 0 Å². The minimum Gasteiger partial charge on any atom is -0.331 e. The molecule has 2 amide bonds. The predicted octanol–water partition coefficient (Wildman–Crippen LogP) is 1.49. The molecule has 1 aliphatic heterocycles. The molecular weight excluding hydrogens is 210 g/mol. The maximum absolute atomic E-state index is 11.7. The van der Waals surface area contributed by atoms with Crippen LogP contribution >= 0.6 is 11.3 Å². The number of amides is 2. The van der Waals surface area contributed by atoms with Crippen molar-refractivity contribution < 1.29 is 4.79 Å². The first-order valence-electron chi connectivity index (χ1n) is 4.99. The summed E-state index contributed by atoms with van der Waals surface area (Å²) in [6.07, 6.45) is 0.945. The number of carbonyl (C=O) groups excluding carboxylic acids is 1. The average Bonchev–Trinajstić information content (AvgIpc) is 2.55. The summed E-state index contributed by atoms with van der Waals surface area (Å²) < 4.78 is 0. The maximum atomic E-state index is 11.7. The summed E-state index contributed by atoms with van der Waals surface area (Å²) in [4.78, 5) is 21.0. The van der Waals surface area contributed by atoms with Gasteiger partial charge in [0.15, 0.2) is 0 Å². The molecule has 0 unspecified atom stereocenters. The van der Waals surface area contributed by atoms with E-state index in [0.717, 1.165) is 23.7 Å². The zero-order chi connectivity index (χ0) is 11.0. The third-order valence-electron chi connectivity index (χ3n) is 2.49. The van der Waals surface area contributed by atoms with Crippen LogP contribution in [-0.2, 0) is 13.0 Å². The Bertz CT molecular complexity index is 386. The summed E-state index contributed by atoms with van der Waals surface area (Å²) in [5.74, 6) is 0. The van der Waals surface area contributed by atoms with Crippen molar-refractivity contribution >= 4 is 17.4 Å². The number of hydrogen-bond acceptors (Lipinski definition) is 3. The SMILES string of the molecule is Cc1nc2c(s1)CCN(C(=O)N(C)C)C2. The maximum Gasteiger partial charge on any atom is 0.319 e. The fourth-order valence-corrected chi connectivity index (χ4v) is 2.71. The van der Waals surface area contributed by atoms with Gasteiger partial charge >= 0.3 is 6.03 Å². The lowest BCUT2D eigenvalue weighted by atomic mass is 10.2. The zero-order valence-corrected chi connectivity index (χ0v) is 10.1. The van der Waals surface area contributed by atoms with Gasteiger partial charge in [0.05, 0.1) is 17.2 Å². The quantitative estimate of drug-likeness (QED) is 0.670. The fraction of sp³-hybridized carbons (Fsp3) is 0.600. The molecule has 0 aromatic carbocycles. The molecule has 0 spiro atoms. The van der Waals surface area contributed by atoms with E-state index in [-0.39, 0.29) is 6.03 Å². The van der Waals surface area contributed by atoms with Crippen molar-refractivity contribution in [3.05, 3.63) is 15.6 Å². The van der Waals surface area contributed by atoms with E-state index in [4.69, 9.17) is 0 Å². The molecule has 0 saturated carbocycles. The van der Waals surface area contributed by atoms with Gasteiger partial charge < -0.3 is 9.80 Å². The number of fused-ring (bicyclic) bond motifs is 1. The van der Waals surface area contributed by atoms with E-state index in [1.54, 1.807) is 30.3 Å². The van der Waals surface area contributed by atoms with E-state index in [2.05, 4.69) is 4.98 Å². The number of urea groups is 1. The Morgan fingerprint density at radius 2 is 2.27 bits per heavy atom. The molecule has 2 heterocycles. The average molecular weight is 225 g/mol. The second-order valence-corrected chi connectivity index (χ2v) is 5.24. The van der Waals surface area contributed by atoms with Crippen LogP contribution in [0.25, 0.3) is 0 Å². The Hall–Kier alpha value is -1.10. The van der Waals surface area contributed by atoms with Gasteiger partial charge in [-0.3, -0.25) is 0 Å². The molecule has 2 rings (SSSR count). The molecule has 1 aliphatic rings. The number of aromatic nitrogens is 1. The lowest BCUT2D eigenvalue weighted by Gasteiger charge is -2.28. The van der Waals surface area contributed by atoms with Crippen molar-refractivity contribution in [2.45, 2.75) is 19.9 Å². The van der Waals surface area contributed by atoms with Crippen molar-refractivity contribution in [1.82, 2.24) is 14.8 Å². The first-order chi connectivity index (χ1) is 7.08. The van der Waals surface area contributed by atoms with Gasteiger partial charge in [-0.2, -0.15) is 0 Å². The van der Waals surface area contributed by atoms with E-state index in [1.807, 2.05) is 11.8 Å². The summed E-state index contributed by atoms with van der Waals surface area (Å²) >= 11 is 1.75. The number of nitrogens with zero attached hydrogens (tertiary/aromatic N) is 3. The molecule has 0 N–H and O–H groups in total. The van der Waals surface area contributed by atoms with Crippen LogP contribution in [0.2, 0.25) is 0 Å². The van der Waals surface area contributed by atoms with Crippen LogP contribution in [0.3, 0.4) is 0 Å². The Morgan fingerprint density at radius 1 is 1.53 bits per heavy atom. The van der Waals surface area contributed by atoms with Crippen molar-refractivity contribution in [3.8, 4) is 0 Å². The number of thiazole rings is 1. The predicted molar refractivity (Wildman–Crippen MR) is 60.0 cm³/mol. The monoisotopic (exact) mass is 225 g/mol.